The van der Waals surface area contributed by atoms with Crippen molar-refractivity contribution in [3.05, 3.63) is 27.4 Å². The molecule has 0 aliphatic heterocycles. The Morgan fingerprint density at radius 1 is 1.67 bits per heavy atom. The first-order valence-corrected chi connectivity index (χ1v) is 4.71. The second kappa shape index (κ2) is 5.34. The average Bonchev–Trinajstić information content (AvgIpc) is 2.27. The number of rotatable bonds is 4. The average molecular weight is 262 g/mol. The van der Waals surface area contributed by atoms with Crippen molar-refractivity contribution in [2.45, 2.75) is 13.3 Å². The summed E-state index contributed by atoms with van der Waals surface area (Å²) in [7, 11) is 0. The van der Waals surface area contributed by atoms with E-state index in [0.717, 1.165) is 0 Å². The third-order valence-electron chi connectivity index (χ3n) is 1.96. The van der Waals surface area contributed by atoms with Gasteiger partial charge in [0.15, 0.2) is 6.20 Å². The van der Waals surface area contributed by atoms with E-state index in [1.54, 1.807) is 0 Å². The van der Waals surface area contributed by atoms with Crippen molar-refractivity contribution < 1.29 is 28.3 Å². The Kier molecular flexibility index (Phi) is 4.08. The van der Waals surface area contributed by atoms with E-state index in [9.17, 15) is 28.8 Å². The number of halogens is 2. The topological polar surface area (TPSA) is 103 Å². The molecule has 7 nitrogen and oxygen atoms in total. The van der Waals surface area contributed by atoms with E-state index >= 15 is 0 Å². The first-order chi connectivity index (χ1) is 8.40. The van der Waals surface area contributed by atoms with Crippen LogP contribution < -0.4 is 0 Å². The molecule has 1 aromatic heterocycles. The van der Waals surface area contributed by atoms with Crippen molar-refractivity contribution in [3.63, 3.8) is 0 Å². The van der Waals surface area contributed by atoms with E-state index in [2.05, 4.69) is 9.72 Å². The second-order valence-corrected chi connectivity index (χ2v) is 3.04. The van der Waals surface area contributed by atoms with Gasteiger partial charge in [0.25, 0.3) is 6.43 Å². The van der Waals surface area contributed by atoms with Gasteiger partial charge in [-0.2, -0.15) is 0 Å². The van der Waals surface area contributed by atoms with Crippen molar-refractivity contribution in [1.82, 2.24) is 4.98 Å². The molecule has 0 atom stereocenters. The summed E-state index contributed by atoms with van der Waals surface area (Å²) in [6, 6.07) is 0. The maximum Gasteiger partial charge on any atom is 0.406 e. The van der Waals surface area contributed by atoms with Crippen molar-refractivity contribution >= 4 is 11.8 Å². The molecule has 0 saturated heterocycles. The quantitative estimate of drug-likeness (QED) is 0.504. The van der Waals surface area contributed by atoms with Gasteiger partial charge in [-0.15, -0.1) is 0 Å². The third kappa shape index (κ3) is 2.50. The first-order valence-electron chi connectivity index (χ1n) is 4.71. The Balaban J connectivity index is 3.41. The number of nitrogens with zero attached hydrogens (tertiary/aromatic N) is 2. The van der Waals surface area contributed by atoms with Crippen LogP contribution in [0, 0.1) is 10.1 Å². The molecule has 0 radical (unpaired) electrons. The molecule has 18 heavy (non-hydrogen) atoms. The van der Waals surface area contributed by atoms with E-state index in [4.69, 9.17) is 0 Å². The molecule has 1 aromatic rings. The van der Waals surface area contributed by atoms with E-state index in [-0.39, 0.29) is 6.61 Å². The normalized spacial score (nSPS) is 10.4. The highest BCUT2D eigenvalue weighted by Crippen LogP contribution is 2.36. The summed E-state index contributed by atoms with van der Waals surface area (Å²) in [5, 5.41) is 19.8. The lowest BCUT2D eigenvalue weighted by atomic mass is 10.1. The maximum atomic E-state index is 12.7. The van der Waals surface area contributed by atoms with Gasteiger partial charge in [-0.1, -0.05) is 0 Å². The van der Waals surface area contributed by atoms with Crippen LogP contribution in [0.2, 0.25) is 0 Å². The standard InChI is InChI=1S/C9H8F2N2O5/c1-2-18-9(15)4-3-12-8(13(16)17)6(14)5(4)7(10)11/h3,7,14H,2H2,1H3. The maximum absolute atomic E-state index is 12.7. The van der Waals surface area contributed by atoms with Crippen LogP contribution in [0.5, 0.6) is 5.75 Å². The number of aromatic nitrogens is 1. The molecule has 0 amide bonds. The van der Waals surface area contributed by atoms with Gasteiger partial charge >= 0.3 is 11.8 Å². The molecule has 0 aliphatic rings. The van der Waals surface area contributed by atoms with Gasteiger partial charge in [-0.25, -0.2) is 13.6 Å². The molecular formula is C9H8F2N2O5. The first kappa shape index (κ1) is 13.7. The predicted molar refractivity (Wildman–Crippen MR) is 53.5 cm³/mol. The Hall–Kier alpha value is -2.32. The second-order valence-electron chi connectivity index (χ2n) is 3.04. The molecule has 0 unspecified atom stereocenters. The van der Waals surface area contributed by atoms with Gasteiger partial charge in [0, 0.05) is 0 Å². The highest BCUT2D eigenvalue weighted by Gasteiger charge is 2.31. The van der Waals surface area contributed by atoms with Crippen LogP contribution in [-0.2, 0) is 4.74 Å². The molecule has 0 fully saturated rings. The van der Waals surface area contributed by atoms with Crippen molar-refractivity contribution in [2.24, 2.45) is 0 Å². The fourth-order valence-corrected chi connectivity index (χ4v) is 1.23. The summed E-state index contributed by atoms with van der Waals surface area (Å²) < 4.78 is 29.9. The lowest BCUT2D eigenvalue weighted by Gasteiger charge is -2.08. The van der Waals surface area contributed by atoms with Gasteiger partial charge in [-0.05, 0) is 16.8 Å². The molecular weight excluding hydrogens is 254 g/mol. The van der Waals surface area contributed by atoms with E-state index < -0.39 is 40.0 Å². The smallest absolute Gasteiger partial charge is 0.406 e. The van der Waals surface area contributed by atoms with Crippen LogP contribution in [0.25, 0.3) is 0 Å². The van der Waals surface area contributed by atoms with Crippen molar-refractivity contribution in [2.75, 3.05) is 6.61 Å². The van der Waals surface area contributed by atoms with Gasteiger partial charge in [0.1, 0.15) is 5.56 Å². The number of carbonyl (C=O) groups is 1. The fourth-order valence-electron chi connectivity index (χ4n) is 1.23. The van der Waals surface area contributed by atoms with Gasteiger partial charge in [0.05, 0.1) is 12.2 Å². The van der Waals surface area contributed by atoms with Crippen LogP contribution in [0.4, 0.5) is 14.6 Å². The fraction of sp³-hybridized carbons (Fsp3) is 0.333. The third-order valence-corrected chi connectivity index (χ3v) is 1.96. The molecule has 0 spiro atoms. The number of pyridine rings is 1. The van der Waals surface area contributed by atoms with Crippen LogP contribution in [-0.4, -0.2) is 27.6 Å². The Labute approximate surface area is 99.2 Å². The molecule has 0 aliphatic carbocycles. The zero-order valence-corrected chi connectivity index (χ0v) is 9.09. The van der Waals surface area contributed by atoms with Gasteiger partial charge in [-0.3, -0.25) is 0 Å². The van der Waals surface area contributed by atoms with Gasteiger partial charge < -0.3 is 20.0 Å². The zero-order valence-electron chi connectivity index (χ0n) is 9.09. The van der Waals surface area contributed by atoms with Crippen LogP contribution >= 0.6 is 0 Å². The summed E-state index contributed by atoms with van der Waals surface area (Å²) in [4.78, 5) is 23.8. The molecule has 0 bridgehead atoms. The molecule has 0 aromatic carbocycles. The number of ether oxygens (including phenoxy) is 1. The summed E-state index contributed by atoms with van der Waals surface area (Å²) in [6.45, 7) is 1.39. The minimum atomic E-state index is -3.27. The predicted octanol–water partition coefficient (Wildman–Crippen LogP) is 1.81. The molecule has 9 heteroatoms. The SMILES string of the molecule is CCOC(=O)c1cnc([N+](=O)[O-])c(O)c1C(F)F. The van der Waals surface area contributed by atoms with E-state index in [0.29, 0.717) is 6.20 Å². The summed E-state index contributed by atoms with van der Waals surface area (Å²) >= 11 is 0. The lowest BCUT2D eigenvalue weighted by molar-refractivity contribution is -0.390. The molecule has 1 heterocycles. The molecule has 98 valence electrons. The van der Waals surface area contributed by atoms with Crippen LogP contribution in [0.1, 0.15) is 29.3 Å². The number of esters is 1. The largest absolute Gasteiger partial charge is 0.501 e. The number of nitro groups is 1. The number of alkyl halides is 2. The minimum Gasteiger partial charge on any atom is -0.501 e. The lowest BCUT2D eigenvalue weighted by Crippen LogP contribution is -2.10. The number of aromatic hydroxyl groups is 1. The molecule has 1 N–H and O–H groups in total. The van der Waals surface area contributed by atoms with Crippen molar-refractivity contribution in [3.8, 4) is 5.75 Å². The van der Waals surface area contributed by atoms with E-state index in [1.165, 1.54) is 6.92 Å². The highest BCUT2D eigenvalue weighted by molar-refractivity contribution is 5.92. The number of hydrogen-bond acceptors (Lipinski definition) is 6. The molecule has 1 rings (SSSR count). The summed E-state index contributed by atoms with van der Waals surface area (Å²) in [5.74, 6) is -3.61. The van der Waals surface area contributed by atoms with Crippen LogP contribution in [0.15, 0.2) is 6.20 Å². The molecule has 0 saturated carbocycles. The van der Waals surface area contributed by atoms with Crippen LogP contribution in [0.3, 0.4) is 0 Å². The van der Waals surface area contributed by atoms with Gasteiger partial charge in [0.2, 0.25) is 5.75 Å². The van der Waals surface area contributed by atoms with E-state index in [1.807, 2.05) is 0 Å². The Morgan fingerprint density at radius 2 is 2.28 bits per heavy atom. The Bertz CT molecular complexity index is 492. The van der Waals surface area contributed by atoms with Crippen molar-refractivity contribution in [1.29, 1.82) is 0 Å². The number of carbonyl (C=O) groups excluding carboxylic acids is 1. The monoisotopic (exact) mass is 262 g/mol. The highest BCUT2D eigenvalue weighted by atomic mass is 19.3. The zero-order chi connectivity index (χ0) is 13.9. The summed E-state index contributed by atoms with van der Waals surface area (Å²) in [6.07, 6.45) is -2.69. The Morgan fingerprint density at radius 3 is 2.72 bits per heavy atom. The number of hydrogen-bond donors (Lipinski definition) is 1. The minimum absolute atomic E-state index is 0.0702. The summed E-state index contributed by atoms with van der Waals surface area (Å²) in [5.41, 5.74) is -1.86.